The van der Waals surface area contributed by atoms with Gasteiger partial charge in [-0.2, -0.15) is 0 Å². The molecule has 1 saturated carbocycles. The van der Waals surface area contributed by atoms with Crippen molar-refractivity contribution in [2.24, 2.45) is 11.7 Å². The molecular formula is C13H17NOS2. The molecule has 1 aliphatic rings. The van der Waals surface area contributed by atoms with Gasteiger partial charge >= 0.3 is 0 Å². The number of benzene rings is 1. The van der Waals surface area contributed by atoms with E-state index < -0.39 is 0 Å². The van der Waals surface area contributed by atoms with E-state index in [-0.39, 0.29) is 0 Å². The highest BCUT2D eigenvalue weighted by atomic mass is 32.2. The summed E-state index contributed by atoms with van der Waals surface area (Å²) in [4.78, 5) is 1.50. The van der Waals surface area contributed by atoms with Gasteiger partial charge in [0.25, 0.3) is 0 Å². The zero-order valence-corrected chi connectivity index (χ0v) is 11.6. The quantitative estimate of drug-likeness (QED) is 0.634. The first-order chi connectivity index (χ1) is 8.22. The molecular weight excluding hydrogens is 250 g/mol. The molecule has 92 valence electrons. The smallest absolute Gasteiger partial charge is 0.130 e. The third-order valence-corrected chi connectivity index (χ3v) is 3.92. The van der Waals surface area contributed by atoms with Crippen LogP contribution in [0, 0.1) is 5.92 Å². The Morgan fingerprint density at radius 2 is 2.29 bits per heavy atom. The molecule has 4 heteroatoms. The van der Waals surface area contributed by atoms with E-state index in [1.165, 1.54) is 12.8 Å². The lowest BCUT2D eigenvalue weighted by atomic mass is 10.2. The van der Waals surface area contributed by atoms with Crippen molar-refractivity contribution in [3.63, 3.8) is 0 Å². The van der Waals surface area contributed by atoms with Crippen LogP contribution in [0.2, 0.25) is 0 Å². The topological polar surface area (TPSA) is 35.2 Å². The van der Waals surface area contributed by atoms with Crippen molar-refractivity contribution in [3.05, 3.63) is 23.8 Å². The van der Waals surface area contributed by atoms with Gasteiger partial charge in [-0.05, 0) is 30.7 Å². The molecule has 0 bridgehead atoms. The maximum Gasteiger partial charge on any atom is 0.130 e. The average molecular weight is 267 g/mol. The molecule has 0 atom stereocenters. The average Bonchev–Trinajstić information content (AvgIpc) is 3.12. The zero-order valence-electron chi connectivity index (χ0n) is 9.94. The number of rotatable bonds is 6. The van der Waals surface area contributed by atoms with Crippen molar-refractivity contribution in [2.75, 3.05) is 12.9 Å². The number of thiocarbonyl (C=S) groups is 1. The van der Waals surface area contributed by atoms with Crippen LogP contribution in [0.1, 0.15) is 24.8 Å². The first kappa shape index (κ1) is 12.7. The Kier molecular flexibility index (Phi) is 4.29. The Hall–Kier alpha value is -0.740. The molecule has 0 saturated heterocycles. The van der Waals surface area contributed by atoms with Gasteiger partial charge in [-0.3, -0.25) is 0 Å². The van der Waals surface area contributed by atoms with E-state index in [0.717, 1.165) is 35.2 Å². The fourth-order valence-electron chi connectivity index (χ4n) is 1.79. The molecule has 1 aromatic carbocycles. The van der Waals surface area contributed by atoms with E-state index in [4.69, 9.17) is 22.7 Å². The van der Waals surface area contributed by atoms with E-state index in [0.29, 0.717) is 4.99 Å². The van der Waals surface area contributed by atoms with Crippen LogP contribution in [0.5, 0.6) is 5.75 Å². The summed E-state index contributed by atoms with van der Waals surface area (Å²) < 4.78 is 5.81. The zero-order chi connectivity index (χ0) is 12.3. The van der Waals surface area contributed by atoms with E-state index >= 15 is 0 Å². The van der Waals surface area contributed by atoms with Crippen LogP contribution in [-0.4, -0.2) is 17.9 Å². The SMILES string of the molecule is CSc1cccc(OCCC2CC2)c1C(N)=S. The summed E-state index contributed by atoms with van der Waals surface area (Å²) in [6.45, 7) is 0.762. The van der Waals surface area contributed by atoms with Gasteiger partial charge in [-0.15, -0.1) is 11.8 Å². The molecule has 2 rings (SSSR count). The van der Waals surface area contributed by atoms with Gasteiger partial charge in [0, 0.05) is 4.90 Å². The molecule has 0 aromatic heterocycles. The summed E-state index contributed by atoms with van der Waals surface area (Å²) in [7, 11) is 0. The van der Waals surface area contributed by atoms with Crippen molar-refractivity contribution in [1.82, 2.24) is 0 Å². The molecule has 0 aliphatic heterocycles. The minimum absolute atomic E-state index is 0.413. The monoisotopic (exact) mass is 267 g/mol. The van der Waals surface area contributed by atoms with E-state index in [1.54, 1.807) is 11.8 Å². The fourth-order valence-corrected chi connectivity index (χ4v) is 2.69. The molecule has 0 radical (unpaired) electrons. The number of hydrogen-bond acceptors (Lipinski definition) is 3. The van der Waals surface area contributed by atoms with Crippen LogP contribution in [0.15, 0.2) is 23.1 Å². The van der Waals surface area contributed by atoms with Gasteiger partial charge in [0.05, 0.1) is 12.2 Å². The first-order valence-corrected chi connectivity index (χ1v) is 7.45. The minimum Gasteiger partial charge on any atom is -0.493 e. The second-order valence-electron chi connectivity index (χ2n) is 4.28. The lowest BCUT2D eigenvalue weighted by Crippen LogP contribution is -2.13. The Morgan fingerprint density at radius 3 is 2.88 bits per heavy atom. The Labute approximate surface area is 112 Å². The van der Waals surface area contributed by atoms with Crippen molar-refractivity contribution in [2.45, 2.75) is 24.2 Å². The van der Waals surface area contributed by atoms with Gasteiger partial charge in [0.2, 0.25) is 0 Å². The predicted molar refractivity (Wildman–Crippen MR) is 76.9 cm³/mol. The standard InChI is InChI=1S/C13H17NOS2/c1-17-11-4-2-3-10(12(11)13(14)16)15-8-7-9-5-6-9/h2-4,9H,5-8H2,1H3,(H2,14,16). The lowest BCUT2D eigenvalue weighted by molar-refractivity contribution is 0.301. The van der Waals surface area contributed by atoms with Gasteiger partial charge in [0.1, 0.15) is 10.7 Å². The predicted octanol–water partition coefficient (Wildman–Crippen LogP) is 3.22. The Balaban J connectivity index is 2.09. The summed E-state index contributed by atoms with van der Waals surface area (Å²) >= 11 is 6.74. The normalized spacial score (nSPS) is 14.6. The van der Waals surface area contributed by atoms with Crippen molar-refractivity contribution in [3.8, 4) is 5.75 Å². The molecule has 0 unspecified atom stereocenters. The maximum absolute atomic E-state index is 5.81. The summed E-state index contributed by atoms with van der Waals surface area (Å²) in [5.41, 5.74) is 6.65. The van der Waals surface area contributed by atoms with Gasteiger partial charge in [-0.25, -0.2) is 0 Å². The van der Waals surface area contributed by atoms with Crippen molar-refractivity contribution in [1.29, 1.82) is 0 Å². The lowest BCUT2D eigenvalue weighted by Gasteiger charge is -2.13. The molecule has 1 aliphatic carbocycles. The van der Waals surface area contributed by atoms with Crippen LogP contribution in [-0.2, 0) is 0 Å². The van der Waals surface area contributed by atoms with Gasteiger partial charge < -0.3 is 10.5 Å². The van der Waals surface area contributed by atoms with Crippen molar-refractivity contribution >= 4 is 29.0 Å². The number of thioether (sulfide) groups is 1. The second-order valence-corrected chi connectivity index (χ2v) is 5.57. The molecule has 0 heterocycles. The Bertz CT molecular complexity index is 416. The van der Waals surface area contributed by atoms with Crippen molar-refractivity contribution < 1.29 is 4.74 Å². The molecule has 0 amide bonds. The van der Waals surface area contributed by atoms with E-state index in [9.17, 15) is 0 Å². The molecule has 17 heavy (non-hydrogen) atoms. The number of ether oxygens (including phenoxy) is 1. The van der Waals surface area contributed by atoms with E-state index in [1.807, 2.05) is 24.5 Å². The van der Waals surface area contributed by atoms with Crippen LogP contribution in [0.4, 0.5) is 0 Å². The first-order valence-electron chi connectivity index (χ1n) is 5.82. The molecule has 2 nitrogen and oxygen atoms in total. The summed E-state index contributed by atoms with van der Waals surface area (Å²) in [6.07, 6.45) is 5.87. The highest BCUT2D eigenvalue weighted by Gasteiger charge is 2.21. The minimum atomic E-state index is 0.413. The van der Waals surface area contributed by atoms with Gasteiger partial charge in [-0.1, -0.05) is 31.1 Å². The number of hydrogen-bond donors (Lipinski definition) is 1. The highest BCUT2D eigenvalue weighted by Crippen LogP contribution is 2.33. The molecule has 1 aromatic rings. The van der Waals surface area contributed by atoms with Gasteiger partial charge in [0.15, 0.2) is 0 Å². The molecule has 0 spiro atoms. The summed E-state index contributed by atoms with van der Waals surface area (Å²) in [5, 5.41) is 0. The van der Waals surface area contributed by atoms with Crippen LogP contribution in [0.3, 0.4) is 0 Å². The van der Waals surface area contributed by atoms with Crippen LogP contribution >= 0.6 is 24.0 Å². The highest BCUT2D eigenvalue weighted by molar-refractivity contribution is 7.98. The third kappa shape index (κ3) is 3.36. The molecule has 1 fully saturated rings. The summed E-state index contributed by atoms with van der Waals surface area (Å²) in [6, 6.07) is 5.95. The Morgan fingerprint density at radius 1 is 1.53 bits per heavy atom. The second kappa shape index (κ2) is 5.74. The van der Waals surface area contributed by atoms with E-state index in [2.05, 4.69) is 0 Å². The maximum atomic E-state index is 5.81. The molecule has 2 N–H and O–H groups in total. The third-order valence-electron chi connectivity index (χ3n) is 2.93. The fraction of sp³-hybridized carbons (Fsp3) is 0.462. The van der Waals surface area contributed by atoms with Crippen LogP contribution in [0.25, 0.3) is 0 Å². The summed E-state index contributed by atoms with van der Waals surface area (Å²) in [5.74, 6) is 1.71. The van der Waals surface area contributed by atoms with Crippen LogP contribution < -0.4 is 10.5 Å². The largest absolute Gasteiger partial charge is 0.493 e. The number of nitrogens with two attached hydrogens (primary N) is 1.